The molecule has 0 fully saturated rings. The smallest absolute Gasteiger partial charge is 0.142 e. The van der Waals surface area contributed by atoms with Crippen LogP contribution in [0.15, 0.2) is 16.6 Å². The molecule has 1 aromatic carbocycles. The van der Waals surface area contributed by atoms with Crippen molar-refractivity contribution in [3.8, 4) is 11.5 Å². The molecule has 0 amide bonds. The number of hydrogen-bond donors (Lipinski definition) is 2. The molecule has 1 heterocycles. The van der Waals surface area contributed by atoms with Crippen LogP contribution >= 0.6 is 15.9 Å². The predicted molar refractivity (Wildman–Crippen MR) is 48.2 cm³/mol. The summed E-state index contributed by atoms with van der Waals surface area (Å²) in [6, 6.07) is 3.14. The Bertz CT molecular complexity index is 327. The van der Waals surface area contributed by atoms with E-state index < -0.39 is 0 Å². The molecule has 1 aliphatic heterocycles. The Morgan fingerprint density at radius 1 is 1.58 bits per heavy atom. The quantitative estimate of drug-likeness (QED) is 0.710. The number of rotatable bonds is 0. The average Bonchev–Trinajstić information content (AvgIpc) is 2.42. The van der Waals surface area contributed by atoms with E-state index in [1.54, 1.807) is 12.1 Å². The Morgan fingerprint density at radius 3 is 3.00 bits per heavy atom. The van der Waals surface area contributed by atoms with E-state index in [-0.39, 0.29) is 11.8 Å². The van der Waals surface area contributed by atoms with E-state index in [0.717, 1.165) is 4.47 Å². The lowest BCUT2D eigenvalue weighted by Gasteiger charge is -2.04. The predicted octanol–water partition coefficient (Wildman–Crippen LogP) is 1.55. The van der Waals surface area contributed by atoms with Gasteiger partial charge in [0.1, 0.15) is 18.1 Å². The van der Waals surface area contributed by atoms with Gasteiger partial charge in [0.15, 0.2) is 0 Å². The average molecular weight is 230 g/mol. The van der Waals surface area contributed by atoms with E-state index >= 15 is 0 Å². The summed E-state index contributed by atoms with van der Waals surface area (Å²) < 4.78 is 6.13. The molecule has 12 heavy (non-hydrogen) atoms. The summed E-state index contributed by atoms with van der Waals surface area (Å²) in [5.41, 5.74) is 6.41. The van der Waals surface area contributed by atoms with Gasteiger partial charge in [-0.2, -0.15) is 0 Å². The Labute approximate surface area is 78.3 Å². The van der Waals surface area contributed by atoms with Crippen LogP contribution in [-0.4, -0.2) is 11.7 Å². The molecule has 64 valence electrons. The van der Waals surface area contributed by atoms with Crippen molar-refractivity contribution in [3.05, 3.63) is 22.2 Å². The van der Waals surface area contributed by atoms with Crippen LogP contribution in [0.3, 0.4) is 0 Å². The third-order valence-corrected chi connectivity index (χ3v) is 2.53. The van der Waals surface area contributed by atoms with Gasteiger partial charge in [0, 0.05) is 0 Å². The number of phenols is 1. The third kappa shape index (κ3) is 0.990. The second kappa shape index (κ2) is 2.64. The van der Waals surface area contributed by atoms with Crippen molar-refractivity contribution in [1.82, 2.24) is 0 Å². The zero-order valence-corrected chi connectivity index (χ0v) is 7.84. The van der Waals surface area contributed by atoms with Gasteiger partial charge in [0.05, 0.1) is 16.1 Å². The van der Waals surface area contributed by atoms with E-state index in [4.69, 9.17) is 10.5 Å². The molecule has 3 nitrogen and oxygen atoms in total. The van der Waals surface area contributed by atoms with Crippen LogP contribution in [0.25, 0.3) is 0 Å². The fraction of sp³-hybridized carbons (Fsp3) is 0.250. The van der Waals surface area contributed by atoms with Crippen LogP contribution in [0.1, 0.15) is 11.6 Å². The minimum Gasteiger partial charge on any atom is -0.507 e. The second-order valence-corrected chi connectivity index (χ2v) is 3.58. The van der Waals surface area contributed by atoms with Crippen molar-refractivity contribution in [2.24, 2.45) is 5.73 Å². The third-order valence-electron chi connectivity index (χ3n) is 1.90. The van der Waals surface area contributed by atoms with Gasteiger partial charge in [-0.15, -0.1) is 0 Å². The summed E-state index contributed by atoms with van der Waals surface area (Å²) in [6.45, 7) is 0.436. The van der Waals surface area contributed by atoms with E-state index in [2.05, 4.69) is 15.9 Å². The van der Waals surface area contributed by atoms with E-state index in [1.807, 2.05) is 0 Å². The molecule has 1 atom stereocenters. The molecule has 0 radical (unpaired) electrons. The zero-order chi connectivity index (χ0) is 8.72. The molecular weight excluding hydrogens is 222 g/mol. The van der Waals surface area contributed by atoms with Crippen LogP contribution in [-0.2, 0) is 0 Å². The number of fused-ring (bicyclic) bond motifs is 1. The first-order valence-electron chi connectivity index (χ1n) is 3.60. The molecular formula is C8H8BrNO2. The molecule has 0 saturated heterocycles. The van der Waals surface area contributed by atoms with Crippen LogP contribution in [0.4, 0.5) is 0 Å². The van der Waals surface area contributed by atoms with Gasteiger partial charge < -0.3 is 15.6 Å². The standard InChI is InChI=1S/C8H8BrNO2/c9-4-1-2-6(11)7-5(10)3-12-8(4)7/h1-2,5,11H,3,10H2/t5-/m1/s1. The van der Waals surface area contributed by atoms with Crippen molar-refractivity contribution in [2.75, 3.05) is 6.61 Å². The van der Waals surface area contributed by atoms with E-state index in [0.29, 0.717) is 17.9 Å². The minimum absolute atomic E-state index is 0.207. The van der Waals surface area contributed by atoms with Crippen molar-refractivity contribution in [1.29, 1.82) is 0 Å². The summed E-state index contributed by atoms with van der Waals surface area (Å²) in [5.74, 6) is 0.876. The van der Waals surface area contributed by atoms with Gasteiger partial charge in [0.25, 0.3) is 0 Å². The van der Waals surface area contributed by atoms with Crippen molar-refractivity contribution in [3.63, 3.8) is 0 Å². The van der Waals surface area contributed by atoms with Crippen LogP contribution in [0.2, 0.25) is 0 Å². The molecule has 0 aromatic heterocycles. The molecule has 0 spiro atoms. The first-order valence-corrected chi connectivity index (χ1v) is 4.39. The highest BCUT2D eigenvalue weighted by Gasteiger charge is 2.26. The van der Waals surface area contributed by atoms with Crippen molar-refractivity contribution < 1.29 is 9.84 Å². The number of phenolic OH excluding ortho intramolecular Hbond substituents is 1. The van der Waals surface area contributed by atoms with Crippen LogP contribution in [0, 0.1) is 0 Å². The molecule has 2 rings (SSSR count). The summed E-state index contributed by atoms with van der Waals surface area (Å²) in [7, 11) is 0. The lowest BCUT2D eigenvalue weighted by molar-refractivity contribution is 0.331. The lowest BCUT2D eigenvalue weighted by Crippen LogP contribution is -2.10. The minimum atomic E-state index is -0.211. The highest BCUT2D eigenvalue weighted by molar-refractivity contribution is 9.10. The number of halogens is 1. The molecule has 0 unspecified atom stereocenters. The van der Waals surface area contributed by atoms with Gasteiger partial charge in [-0.1, -0.05) is 0 Å². The highest BCUT2D eigenvalue weighted by Crippen LogP contribution is 2.42. The fourth-order valence-corrected chi connectivity index (χ4v) is 1.78. The SMILES string of the molecule is N[C@@H]1COc2c(Br)ccc(O)c21. The first kappa shape index (κ1) is 7.89. The van der Waals surface area contributed by atoms with Gasteiger partial charge in [-0.3, -0.25) is 0 Å². The molecule has 3 N–H and O–H groups in total. The van der Waals surface area contributed by atoms with Crippen molar-refractivity contribution in [2.45, 2.75) is 6.04 Å². The summed E-state index contributed by atoms with van der Waals surface area (Å²) in [6.07, 6.45) is 0. The topological polar surface area (TPSA) is 55.5 Å². The number of nitrogens with two attached hydrogens (primary N) is 1. The second-order valence-electron chi connectivity index (χ2n) is 2.73. The number of hydrogen-bond acceptors (Lipinski definition) is 3. The molecule has 1 aromatic rings. The van der Waals surface area contributed by atoms with Gasteiger partial charge in [-0.05, 0) is 28.1 Å². The molecule has 0 aliphatic carbocycles. The molecule has 0 saturated carbocycles. The van der Waals surface area contributed by atoms with Crippen LogP contribution in [0.5, 0.6) is 11.5 Å². The van der Waals surface area contributed by atoms with E-state index in [9.17, 15) is 5.11 Å². The number of ether oxygens (including phenoxy) is 1. The maximum absolute atomic E-state index is 9.45. The normalized spacial score (nSPS) is 20.3. The maximum atomic E-state index is 9.45. The van der Waals surface area contributed by atoms with E-state index in [1.165, 1.54) is 0 Å². The first-order chi connectivity index (χ1) is 5.70. The van der Waals surface area contributed by atoms with Crippen LogP contribution < -0.4 is 10.5 Å². The Morgan fingerprint density at radius 2 is 2.33 bits per heavy atom. The zero-order valence-electron chi connectivity index (χ0n) is 6.25. The fourth-order valence-electron chi connectivity index (χ4n) is 1.32. The summed E-state index contributed by atoms with van der Waals surface area (Å²) >= 11 is 3.32. The van der Waals surface area contributed by atoms with Gasteiger partial charge in [0.2, 0.25) is 0 Å². The Balaban J connectivity index is 2.64. The number of aromatic hydroxyl groups is 1. The Kier molecular flexibility index (Phi) is 1.73. The maximum Gasteiger partial charge on any atom is 0.142 e. The monoisotopic (exact) mass is 229 g/mol. The van der Waals surface area contributed by atoms with Crippen molar-refractivity contribution >= 4 is 15.9 Å². The van der Waals surface area contributed by atoms with Gasteiger partial charge in [-0.25, -0.2) is 0 Å². The summed E-state index contributed by atoms with van der Waals surface area (Å²) in [4.78, 5) is 0. The largest absolute Gasteiger partial charge is 0.507 e. The Hall–Kier alpha value is -0.740. The lowest BCUT2D eigenvalue weighted by atomic mass is 10.1. The molecule has 0 bridgehead atoms. The van der Waals surface area contributed by atoms with Gasteiger partial charge >= 0.3 is 0 Å². The number of benzene rings is 1. The summed E-state index contributed by atoms with van der Waals surface area (Å²) in [5, 5.41) is 9.45. The molecule has 1 aliphatic rings. The molecule has 4 heteroatoms. The highest BCUT2D eigenvalue weighted by atomic mass is 79.9.